The smallest absolute Gasteiger partial charge is 0.0453 e. The van der Waals surface area contributed by atoms with Gasteiger partial charge >= 0.3 is 0 Å². The van der Waals surface area contributed by atoms with Gasteiger partial charge in [0.15, 0.2) is 0 Å². The zero-order valence-electron chi connectivity index (χ0n) is 11.0. The SMILES string of the molecule is C=CNc1ccc(C(CC)CCC)cc1C=C. The third-order valence-corrected chi connectivity index (χ3v) is 3.15. The second-order valence-corrected chi connectivity index (χ2v) is 4.29. The fraction of sp³-hybridized carbons (Fsp3) is 0.375. The molecule has 1 unspecified atom stereocenters. The summed E-state index contributed by atoms with van der Waals surface area (Å²) < 4.78 is 0. The molecule has 0 spiro atoms. The van der Waals surface area contributed by atoms with Crippen molar-refractivity contribution < 1.29 is 0 Å². The Balaban J connectivity index is 3.02. The van der Waals surface area contributed by atoms with Crippen molar-refractivity contribution in [3.05, 3.63) is 48.7 Å². The molecule has 0 saturated heterocycles. The van der Waals surface area contributed by atoms with Crippen molar-refractivity contribution in [1.29, 1.82) is 0 Å². The first-order valence-electron chi connectivity index (χ1n) is 6.40. The number of anilines is 1. The quantitative estimate of drug-likeness (QED) is 0.679. The monoisotopic (exact) mass is 229 g/mol. The second-order valence-electron chi connectivity index (χ2n) is 4.29. The Morgan fingerprint density at radius 2 is 2.06 bits per heavy atom. The lowest BCUT2D eigenvalue weighted by Crippen LogP contribution is -1.99. The summed E-state index contributed by atoms with van der Waals surface area (Å²) >= 11 is 0. The van der Waals surface area contributed by atoms with Gasteiger partial charge in [-0.2, -0.15) is 0 Å². The van der Waals surface area contributed by atoms with E-state index in [1.807, 2.05) is 6.08 Å². The van der Waals surface area contributed by atoms with Crippen LogP contribution in [0.15, 0.2) is 37.6 Å². The highest BCUT2D eigenvalue weighted by atomic mass is 14.8. The van der Waals surface area contributed by atoms with Gasteiger partial charge in [-0.3, -0.25) is 0 Å². The molecule has 1 N–H and O–H groups in total. The van der Waals surface area contributed by atoms with Crippen LogP contribution >= 0.6 is 0 Å². The minimum atomic E-state index is 0.663. The van der Waals surface area contributed by atoms with E-state index in [-0.39, 0.29) is 0 Å². The van der Waals surface area contributed by atoms with Gasteiger partial charge in [-0.1, -0.05) is 45.6 Å². The minimum Gasteiger partial charge on any atom is -0.362 e. The molecule has 0 bridgehead atoms. The van der Waals surface area contributed by atoms with Crippen LogP contribution in [-0.2, 0) is 0 Å². The van der Waals surface area contributed by atoms with Gasteiger partial charge in [-0.05, 0) is 48.2 Å². The largest absolute Gasteiger partial charge is 0.362 e. The average Bonchev–Trinajstić information content (AvgIpc) is 2.37. The maximum absolute atomic E-state index is 3.87. The molecule has 1 nitrogen and oxygen atoms in total. The van der Waals surface area contributed by atoms with Gasteiger partial charge in [0.05, 0.1) is 0 Å². The molecule has 1 rings (SSSR count). The molecule has 1 heteroatoms. The lowest BCUT2D eigenvalue weighted by molar-refractivity contribution is 0.596. The number of rotatable bonds is 7. The third kappa shape index (κ3) is 3.48. The van der Waals surface area contributed by atoms with Crippen LogP contribution in [0.1, 0.15) is 50.2 Å². The minimum absolute atomic E-state index is 0.663. The predicted octanol–water partition coefficient (Wildman–Crippen LogP) is 5.18. The van der Waals surface area contributed by atoms with Crippen LogP contribution in [-0.4, -0.2) is 0 Å². The van der Waals surface area contributed by atoms with Crippen molar-refractivity contribution in [2.75, 3.05) is 5.32 Å². The van der Waals surface area contributed by atoms with E-state index in [1.165, 1.54) is 24.8 Å². The molecule has 92 valence electrons. The highest BCUT2D eigenvalue weighted by molar-refractivity contribution is 5.67. The van der Waals surface area contributed by atoms with Gasteiger partial charge in [0.2, 0.25) is 0 Å². The Morgan fingerprint density at radius 3 is 2.59 bits per heavy atom. The van der Waals surface area contributed by atoms with Gasteiger partial charge in [0.1, 0.15) is 0 Å². The zero-order chi connectivity index (χ0) is 12.7. The van der Waals surface area contributed by atoms with E-state index in [1.54, 1.807) is 6.20 Å². The van der Waals surface area contributed by atoms with Gasteiger partial charge in [0, 0.05) is 5.69 Å². The summed E-state index contributed by atoms with van der Waals surface area (Å²) in [6.45, 7) is 12.1. The fourth-order valence-electron chi connectivity index (χ4n) is 2.20. The molecule has 1 aromatic rings. The Hall–Kier alpha value is -1.50. The molecule has 17 heavy (non-hydrogen) atoms. The van der Waals surface area contributed by atoms with Crippen molar-refractivity contribution in [2.24, 2.45) is 0 Å². The lowest BCUT2D eigenvalue weighted by atomic mass is 9.90. The van der Waals surface area contributed by atoms with Crippen LogP contribution in [0.2, 0.25) is 0 Å². The highest BCUT2D eigenvalue weighted by Gasteiger charge is 2.09. The average molecular weight is 229 g/mol. The molecular formula is C16H23N. The van der Waals surface area contributed by atoms with Crippen LogP contribution in [0.4, 0.5) is 5.69 Å². The molecule has 0 amide bonds. The Labute approximate surface area is 105 Å². The topological polar surface area (TPSA) is 12.0 Å². The van der Waals surface area contributed by atoms with Crippen LogP contribution in [0, 0.1) is 0 Å². The summed E-state index contributed by atoms with van der Waals surface area (Å²) in [5.41, 5.74) is 3.64. The van der Waals surface area contributed by atoms with Gasteiger partial charge < -0.3 is 5.32 Å². The van der Waals surface area contributed by atoms with Crippen molar-refractivity contribution in [2.45, 2.75) is 39.0 Å². The van der Waals surface area contributed by atoms with Crippen molar-refractivity contribution in [1.82, 2.24) is 0 Å². The first-order valence-corrected chi connectivity index (χ1v) is 6.40. The Morgan fingerprint density at radius 1 is 1.29 bits per heavy atom. The lowest BCUT2D eigenvalue weighted by Gasteiger charge is -2.16. The fourth-order valence-corrected chi connectivity index (χ4v) is 2.20. The maximum atomic E-state index is 3.87. The van der Waals surface area contributed by atoms with E-state index in [9.17, 15) is 0 Å². The van der Waals surface area contributed by atoms with E-state index in [2.05, 4.69) is 50.5 Å². The number of hydrogen-bond acceptors (Lipinski definition) is 1. The van der Waals surface area contributed by atoms with E-state index >= 15 is 0 Å². The number of hydrogen-bond donors (Lipinski definition) is 1. The number of benzene rings is 1. The van der Waals surface area contributed by atoms with Gasteiger partial charge in [-0.15, -0.1) is 0 Å². The van der Waals surface area contributed by atoms with E-state index in [0.717, 1.165) is 11.3 Å². The van der Waals surface area contributed by atoms with E-state index in [4.69, 9.17) is 0 Å². The summed E-state index contributed by atoms with van der Waals surface area (Å²) in [5.74, 6) is 0.663. The Bertz CT molecular complexity index is 379. The molecule has 1 aromatic carbocycles. The summed E-state index contributed by atoms with van der Waals surface area (Å²) in [7, 11) is 0. The molecule has 1 atom stereocenters. The van der Waals surface area contributed by atoms with Crippen LogP contribution in [0.5, 0.6) is 0 Å². The second kappa shape index (κ2) is 6.95. The molecule has 0 aliphatic carbocycles. The molecule has 0 radical (unpaired) electrons. The van der Waals surface area contributed by atoms with E-state index < -0.39 is 0 Å². The third-order valence-electron chi connectivity index (χ3n) is 3.15. The van der Waals surface area contributed by atoms with Gasteiger partial charge in [0.25, 0.3) is 0 Å². The molecular weight excluding hydrogens is 206 g/mol. The van der Waals surface area contributed by atoms with Crippen LogP contribution in [0.3, 0.4) is 0 Å². The summed E-state index contributed by atoms with van der Waals surface area (Å²) in [5, 5.41) is 3.14. The Kier molecular flexibility index (Phi) is 5.55. The van der Waals surface area contributed by atoms with Crippen LogP contribution in [0.25, 0.3) is 6.08 Å². The summed E-state index contributed by atoms with van der Waals surface area (Å²) in [6.07, 6.45) is 7.27. The maximum Gasteiger partial charge on any atom is 0.0453 e. The standard InChI is InChI=1S/C16H23N/c1-5-9-13(6-2)15-10-11-16(17-8-4)14(7-3)12-15/h7-8,10-13,17H,3-6,9H2,1-2H3. The zero-order valence-corrected chi connectivity index (χ0v) is 11.0. The molecule has 0 saturated carbocycles. The molecule has 0 aromatic heterocycles. The summed E-state index contributed by atoms with van der Waals surface area (Å²) in [6, 6.07) is 6.57. The predicted molar refractivity (Wildman–Crippen MR) is 78.3 cm³/mol. The first kappa shape index (κ1) is 13.6. The molecule has 0 heterocycles. The first-order chi connectivity index (χ1) is 8.26. The van der Waals surface area contributed by atoms with Crippen molar-refractivity contribution >= 4 is 11.8 Å². The highest BCUT2D eigenvalue weighted by Crippen LogP contribution is 2.28. The van der Waals surface area contributed by atoms with E-state index in [0.29, 0.717) is 5.92 Å². The molecule has 0 aliphatic heterocycles. The molecule has 0 fully saturated rings. The summed E-state index contributed by atoms with van der Waals surface area (Å²) in [4.78, 5) is 0. The number of nitrogens with one attached hydrogen (secondary N) is 1. The normalized spacial score (nSPS) is 11.9. The van der Waals surface area contributed by atoms with Crippen LogP contribution < -0.4 is 5.32 Å². The van der Waals surface area contributed by atoms with Gasteiger partial charge in [-0.25, -0.2) is 0 Å². The van der Waals surface area contributed by atoms with Crippen molar-refractivity contribution in [3.63, 3.8) is 0 Å². The van der Waals surface area contributed by atoms with Crippen molar-refractivity contribution in [3.8, 4) is 0 Å². The molecule has 0 aliphatic rings.